The van der Waals surface area contributed by atoms with Gasteiger partial charge in [-0.05, 0) is 51.9 Å². The van der Waals surface area contributed by atoms with E-state index >= 15 is 0 Å². The number of hydrogen-bond acceptors (Lipinski definition) is 4. The normalized spacial score (nSPS) is 18.8. The number of para-hydroxylation sites is 1. The van der Waals surface area contributed by atoms with Crippen molar-refractivity contribution in [1.29, 1.82) is 0 Å². The first-order valence-electron chi connectivity index (χ1n) is 7.32. The second-order valence-corrected chi connectivity index (χ2v) is 6.13. The SMILES string of the molecule is CC(C)(C(NN)c1cc2ccccc2o1)N1CCCC1. The second-order valence-electron chi connectivity index (χ2n) is 6.13. The van der Waals surface area contributed by atoms with Gasteiger partial charge in [0, 0.05) is 10.9 Å². The predicted octanol–water partition coefficient (Wildman–Crippen LogP) is 2.81. The molecule has 0 bridgehead atoms. The molecule has 2 heterocycles. The summed E-state index contributed by atoms with van der Waals surface area (Å²) in [4.78, 5) is 2.49. The quantitative estimate of drug-likeness (QED) is 0.664. The van der Waals surface area contributed by atoms with E-state index in [9.17, 15) is 0 Å². The standard InChI is InChI=1S/C16H23N3O/c1-16(2,19-9-5-6-10-19)15(18-17)14-11-12-7-3-4-8-13(12)20-14/h3-4,7-8,11,15,18H,5-6,9-10,17H2,1-2H3. The molecule has 3 rings (SSSR count). The molecule has 4 heteroatoms. The molecular formula is C16H23N3O. The van der Waals surface area contributed by atoms with Gasteiger partial charge in [0.15, 0.2) is 0 Å². The zero-order valence-corrected chi connectivity index (χ0v) is 12.2. The topological polar surface area (TPSA) is 54.4 Å². The molecule has 20 heavy (non-hydrogen) atoms. The Morgan fingerprint density at radius 1 is 1.25 bits per heavy atom. The van der Waals surface area contributed by atoms with Crippen LogP contribution >= 0.6 is 0 Å². The molecule has 1 atom stereocenters. The second kappa shape index (κ2) is 5.20. The molecule has 0 amide bonds. The lowest BCUT2D eigenvalue weighted by molar-refractivity contribution is 0.0972. The molecule has 3 N–H and O–H groups in total. The fourth-order valence-corrected chi connectivity index (χ4v) is 3.25. The van der Waals surface area contributed by atoms with Gasteiger partial charge in [0.25, 0.3) is 0 Å². The van der Waals surface area contributed by atoms with E-state index in [-0.39, 0.29) is 11.6 Å². The third kappa shape index (κ3) is 2.24. The first-order chi connectivity index (χ1) is 9.63. The van der Waals surface area contributed by atoms with Crippen LogP contribution in [0.25, 0.3) is 11.0 Å². The third-order valence-electron chi connectivity index (χ3n) is 4.52. The molecule has 1 aliphatic heterocycles. The van der Waals surface area contributed by atoms with Crippen LogP contribution in [0.2, 0.25) is 0 Å². The zero-order valence-electron chi connectivity index (χ0n) is 12.2. The minimum Gasteiger partial charge on any atom is -0.459 e. The Morgan fingerprint density at radius 3 is 2.60 bits per heavy atom. The maximum atomic E-state index is 6.00. The highest BCUT2D eigenvalue weighted by Crippen LogP contribution is 2.35. The van der Waals surface area contributed by atoms with Crippen LogP contribution in [-0.2, 0) is 0 Å². The van der Waals surface area contributed by atoms with Crippen LogP contribution in [0.1, 0.15) is 38.5 Å². The lowest BCUT2D eigenvalue weighted by Crippen LogP contribution is -2.53. The molecule has 108 valence electrons. The van der Waals surface area contributed by atoms with E-state index in [0.29, 0.717) is 0 Å². The lowest BCUT2D eigenvalue weighted by Gasteiger charge is -2.40. The van der Waals surface area contributed by atoms with Gasteiger partial charge in [-0.1, -0.05) is 18.2 Å². The van der Waals surface area contributed by atoms with Crippen molar-refractivity contribution in [2.75, 3.05) is 13.1 Å². The highest BCUT2D eigenvalue weighted by atomic mass is 16.3. The summed E-state index contributed by atoms with van der Waals surface area (Å²) in [5, 5.41) is 1.12. The van der Waals surface area contributed by atoms with Crippen molar-refractivity contribution in [3.8, 4) is 0 Å². The summed E-state index contributed by atoms with van der Waals surface area (Å²) in [5.74, 6) is 6.75. The molecule has 1 aliphatic rings. The molecular weight excluding hydrogens is 250 g/mol. The highest BCUT2D eigenvalue weighted by Gasteiger charge is 2.38. The monoisotopic (exact) mass is 273 g/mol. The van der Waals surface area contributed by atoms with Crippen LogP contribution in [0.15, 0.2) is 34.7 Å². The van der Waals surface area contributed by atoms with Gasteiger partial charge in [0.1, 0.15) is 11.3 Å². The Labute approximate surface area is 119 Å². The summed E-state index contributed by atoms with van der Waals surface area (Å²) >= 11 is 0. The smallest absolute Gasteiger partial charge is 0.134 e. The van der Waals surface area contributed by atoms with Crippen molar-refractivity contribution in [3.63, 3.8) is 0 Å². The average molecular weight is 273 g/mol. The van der Waals surface area contributed by atoms with Gasteiger partial charge in [-0.25, -0.2) is 5.43 Å². The molecule has 1 aromatic heterocycles. The van der Waals surface area contributed by atoms with E-state index in [4.69, 9.17) is 10.3 Å². The summed E-state index contributed by atoms with van der Waals surface area (Å²) in [6.07, 6.45) is 2.53. The molecule has 2 aromatic rings. The van der Waals surface area contributed by atoms with Crippen molar-refractivity contribution in [3.05, 3.63) is 36.1 Å². The fourth-order valence-electron chi connectivity index (χ4n) is 3.25. The Balaban J connectivity index is 1.95. The molecule has 1 unspecified atom stereocenters. The van der Waals surface area contributed by atoms with Crippen LogP contribution in [-0.4, -0.2) is 23.5 Å². The van der Waals surface area contributed by atoms with Crippen molar-refractivity contribution in [2.45, 2.75) is 38.3 Å². The number of nitrogens with zero attached hydrogens (tertiary/aromatic N) is 1. The summed E-state index contributed by atoms with van der Waals surface area (Å²) < 4.78 is 6.00. The minimum atomic E-state index is -0.0703. The number of nitrogens with one attached hydrogen (secondary N) is 1. The van der Waals surface area contributed by atoms with Crippen molar-refractivity contribution in [1.82, 2.24) is 10.3 Å². The molecule has 0 saturated carbocycles. The van der Waals surface area contributed by atoms with Gasteiger partial charge in [0.05, 0.1) is 6.04 Å². The highest BCUT2D eigenvalue weighted by molar-refractivity contribution is 5.77. The maximum Gasteiger partial charge on any atom is 0.134 e. The largest absolute Gasteiger partial charge is 0.459 e. The van der Waals surface area contributed by atoms with Crippen LogP contribution in [0.5, 0.6) is 0 Å². The van der Waals surface area contributed by atoms with Gasteiger partial charge < -0.3 is 4.42 Å². The number of rotatable bonds is 4. The minimum absolute atomic E-state index is 0.0204. The van der Waals surface area contributed by atoms with E-state index < -0.39 is 0 Å². The summed E-state index contributed by atoms with van der Waals surface area (Å²) in [6.45, 7) is 6.73. The Hall–Kier alpha value is -1.36. The van der Waals surface area contributed by atoms with E-state index in [0.717, 1.165) is 29.8 Å². The Kier molecular flexibility index (Phi) is 3.54. The van der Waals surface area contributed by atoms with Crippen LogP contribution in [0.4, 0.5) is 0 Å². The molecule has 1 saturated heterocycles. The lowest BCUT2D eigenvalue weighted by atomic mass is 9.91. The predicted molar refractivity (Wildman–Crippen MR) is 81.2 cm³/mol. The van der Waals surface area contributed by atoms with Gasteiger partial charge in [-0.15, -0.1) is 0 Å². The molecule has 4 nitrogen and oxygen atoms in total. The van der Waals surface area contributed by atoms with Gasteiger partial charge in [0.2, 0.25) is 0 Å². The van der Waals surface area contributed by atoms with Crippen molar-refractivity contribution >= 4 is 11.0 Å². The number of furan rings is 1. The van der Waals surface area contributed by atoms with E-state index in [1.165, 1.54) is 12.8 Å². The zero-order chi connectivity index (χ0) is 14.2. The third-order valence-corrected chi connectivity index (χ3v) is 4.52. The van der Waals surface area contributed by atoms with E-state index in [2.05, 4.69) is 36.3 Å². The number of nitrogens with two attached hydrogens (primary N) is 1. The fraction of sp³-hybridized carbons (Fsp3) is 0.500. The summed E-state index contributed by atoms with van der Waals surface area (Å²) in [7, 11) is 0. The summed E-state index contributed by atoms with van der Waals surface area (Å²) in [6, 6.07) is 10.2. The average Bonchev–Trinajstić information content (AvgIpc) is 3.08. The van der Waals surface area contributed by atoms with E-state index in [1.807, 2.05) is 18.2 Å². The number of likely N-dealkylation sites (tertiary alicyclic amines) is 1. The van der Waals surface area contributed by atoms with Crippen LogP contribution < -0.4 is 11.3 Å². The van der Waals surface area contributed by atoms with Crippen molar-refractivity contribution < 1.29 is 4.42 Å². The van der Waals surface area contributed by atoms with E-state index in [1.54, 1.807) is 0 Å². The summed E-state index contributed by atoms with van der Waals surface area (Å²) in [5.41, 5.74) is 3.81. The van der Waals surface area contributed by atoms with Crippen LogP contribution in [0, 0.1) is 0 Å². The first-order valence-corrected chi connectivity index (χ1v) is 7.32. The van der Waals surface area contributed by atoms with Gasteiger partial charge >= 0.3 is 0 Å². The molecule has 0 radical (unpaired) electrons. The van der Waals surface area contributed by atoms with Gasteiger partial charge in [-0.3, -0.25) is 10.7 Å². The molecule has 1 aromatic carbocycles. The number of benzene rings is 1. The number of fused-ring (bicyclic) bond motifs is 1. The van der Waals surface area contributed by atoms with Crippen molar-refractivity contribution in [2.24, 2.45) is 5.84 Å². The Bertz CT molecular complexity index is 551. The molecule has 1 fully saturated rings. The number of hydrogen-bond donors (Lipinski definition) is 2. The molecule has 0 spiro atoms. The van der Waals surface area contributed by atoms with Crippen LogP contribution in [0.3, 0.4) is 0 Å². The first kappa shape index (κ1) is 13.6. The number of hydrazine groups is 1. The molecule has 0 aliphatic carbocycles. The maximum absolute atomic E-state index is 6.00. The Morgan fingerprint density at radius 2 is 1.95 bits per heavy atom. The van der Waals surface area contributed by atoms with Gasteiger partial charge in [-0.2, -0.15) is 0 Å².